The van der Waals surface area contributed by atoms with Crippen molar-refractivity contribution in [2.45, 2.75) is 43.3 Å². The molecule has 8 heteroatoms. The van der Waals surface area contributed by atoms with Crippen molar-refractivity contribution < 1.29 is 28.2 Å². The van der Waals surface area contributed by atoms with Crippen LogP contribution in [0.3, 0.4) is 0 Å². The molecule has 0 bridgehead atoms. The molecule has 0 aromatic carbocycles. The summed E-state index contributed by atoms with van der Waals surface area (Å²) in [5, 5.41) is 19.2. The Morgan fingerprint density at radius 2 is 2.10 bits per heavy atom. The maximum Gasteiger partial charge on any atom is 0.409 e. The van der Waals surface area contributed by atoms with Crippen molar-refractivity contribution in [3.8, 4) is 0 Å². The lowest BCUT2D eigenvalue weighted by atomic mass is 9.89. The van der Waals surface area contributed by atoms with Crippen molar-refractivity contribution >= 4 is 28.9 Å². The van der Waals surface area contributed by atoms with Gasteiger partial charge in [-0.3, -0.25) is 0 Å². The first kappa shape index (κ1) is 25.2. The van der Waals surface area contributed by atoms with Crippen LogP contribution in [0.5, 0.6) is 0 Å². The molecule has 1 aromatic heterocycles. The second-order valence-corrected chi connectivity index (χ2v) is 9.06. The predicted molar refractivity (Wildman–Crippen MR) is 118 cm³/mol. The molecule has 2 rings (SSSR count). The third kappa shape index (κ3) is 8.54. The Balaban J connectivity index is 1.92. The molecule has 1 saturated carbocycles. The number of hydrogen-bond acceptors (Lipinski definition) is 3. The first-order valence-corrected chi connectivity index (χ1v) is 11.0. The number of carboxylic acids is 1. The number of alkyl halides is 4. The van der Waals surface area contributed by atoms with E-state index in [1.165, 1.54) is 23.5 Å². The van der Waals surface area contributed by atoms with E-state index >= 15 is 0 Å². The van der Waals surface area contributed by atoms with Gasteiger partial charge in [-0.1, -0.05) is 24.8 Å². The summed E-state index contributed by atoms with van der Waals surface area (Å²) in [6, 6.07) is 3.42. The second kappa shape index (κ2) is 11.5. The number of aryl methyl sites for hydroxylation is 1. The molecule has 0 spiro atoms. The highest BCUT2D eigenvalue weighted by atomic mass is 35.5. The van der Waals surface area contributed by atoms with Gasteiger partial charge in [-0.15, -0.1) is 28.7 Å². The summed E-state index contributed by atoms with van der Waals surface area (Å²) in [5.74, 6) is -1.06. The highest BCUT2D eigenvalue weighted by molar-refractivity contribution is 7.13. The quantitative estimate of drug-likeness (QED) is 0.251. The van der Waals surface area contributed by atoms with Gasteiger partial charge in [0.2, 0.25) is 0 Å². The van der Waals surface area contributed by atoms with Crippen molar-refractivity contribution in [2.75, 3.05) is 0 Å². The van der Waals surface area contributed by atoms with Crippen molar-refractivity contribution in [3.05, 3.63) is 76.2 Å². The fraction of sp³-hybridized carbons (Fsp3) is 0.391. The Kier molecular flexibility index (Phi) is 9.38. The van der Waals surface area contributed by atoms with Crippen LogP contribution in [0.25, 0.3) is 0 Å². The molecule has 1 heterocycles. The van der Waals surface area contributed by atoms with E-state index in [4.69, 9.17) is 16.7 Å². The SMILES string of the molecule is C=C(C=C=C[C@@H]1[C@@H](CCCc2ccc(C(=O)O)s2)[C@H](Cl)C[C@H]1O)/C=C\C=C\C(F)(F)F. The Bertz CT molecular complexity index is 894. The average molecular weight is 473 g/mol. The predicted octanol–water partition coefficient (Wildman–Crippen LogP) is 6.32. The van der Waals surface area contributed by atoms with Gasteiger partial charge in [-0.25, -0.2) is 4.79 Å². The van der Waals surface area contributed by atoms with Crippen molar-refractivity contribution in [1.82, 2.24) is 0 Å². The maximum atomic E-state index is 12.1. The largest absolute Gasteiger partial charge is 0.477 e. The van der Waals surface area contributed by atoms with Crippen molar-refractivity contribution in [2.24, 2.45) is 11.8 Å². The monoisotopic (exact) mass is 472 g/mol. The molecule has 1 fully saturated rings. The molecule has 0 radical (unpaired) electrons. The Labute approximate surface area is 188 Å². The van der Waals surface area contributed by atoms with Gasteiger partial charge in [0.25, 0.3) is 0 Å². The lowest BCUT2D eigenvalue weighted by molar-refractivity contribution is -0.0798. The molecule has 31 heavy (non-hydrogen) atoms. The van der Waals surface area contributed by atoms with E-state index in [9.17, 15) is 23.1 Å². The molecule has 4 atom stereocenters. The highest BCUT2D eigenvalue weighted by Crippen LogP contribution is 2.40. The van der Waals surface area contributed by atoms with Crippen LogP contribution in [0.4, 0.5) is 13.2 Å². The molecule has 1 aliphatic rings. The minimum Gasteiger partial charge on any atom is -0.477 e. The molecular formula is C23H24ClF3O3S. The van der Waals surface area contributed by atoms with Gasteiger partial charge in [-0.2, -0.15) is 13.2 Å². The number of rotatable bonds is 9. The number of hydrogen-bond donors (Lipinski definition) is 2. The molecule has 1 aromatic rings. The van der Waals surface area contributed by atoms with E-state index in [2.05, 4.69) is 12.3 Å². The number of aliphatic hydroxyl groups is 1. The van der Waals surface area contributed by atoms with Gasteiger partial charge in [0.1, 0.15) is 4.88 Å². The van der Waals surface area contributed by atoms with Gasteiger partial charge < -0.3 is 10.2 Å². The zero-order chi connectivity index (χ0) is 23.0. The summed E-state index contributed by atoms with van der Waals surface area (Å²) in [5.41, 5.74) is 3.43. The van der Waals surface area contributed by atoms with Crippen LogP contribution in [0.1, 0.15) is 33.8 Å². The summed E-state index contributed by atoms with van der Waals surface area (Å²) in [6.07, 6.45) is 4.86. The van der Waals surface area contributed by atoms with Gasteiger partial charge in [-0.05, 0) is 61.5 Å². The number of thiophene rings is 1. The van der Waals surface area contributed by atoms with Crippen LogP contribution in [0.15, 0.2) is 66.5 Å². The molecule has 0 aliphatic heterocycles. The minimum atomic E-state index is -4.35. The molecule has 168 valence electrons. The van der Waals surface area contributed by atoms with Gasteiger partial charge in [0.05, 0.1) is 6.10 Å². The van der Waals surface area contributed by atoms with Crippen LogP contribution in [-0.4, -0.2) is 33.8 Å². The van der Waals surface area contributed by atoms with Gasteiger partial charge in [0.15, 0.2) is 0 Å². The first-order chi connectivity index (χ1) is 14.6. The van der Waals surface area contributed by atoms with E-state index in [1.807, 2.05) is 6.07 Å². The van der Waals surface area contributed by atoms with Crippen LogP contribution in [0, 0.1) is 11.8 Å². The van der Waals surface area contributed by atoms with Crippen molar-refractivity contribution in [3.63, 3.8) is 0 Å². The Hall–Kier alpha value is -2.05. The summed E-state index contributed by atoms with van der Waals surface area (Å²) >= 11 is 7.70. The van der Waals surface area contributed by atoms with Gasteiger partial charge >= 0.3 is 12.1 Å². The zero-order valence-corrected chi connectivity index (χ0v) is 18.3. The topological polar surface area (TPSA) is 57.5 Å². The molecule has 0 saturated heterocycles. The van der Waals surface area contributed by atoms with Gasteiger partial charge in [0, 0.05) is 22.2 Å². The molecule has 1 aliphatic carbocycles. The summed E-state index contributed by atoms with van der Waals surface area (Å²) in [6.45, 7) is 3.73. The van der Waals surface area contributed by atoms with E-state index in [1.54, 1.807) is 18.2 Å². The van der Waals surface area contributed by atoms with Crippen molar-refractivity contribution in [1.29, 1.82) is 0 Å². The molecular weight excluding hydrogens is 449 g/mol. The fourth-order valence-corrected chi connectivity index (χ4v) is 4.86. The number of carbonyl (C=O) groups is 1. The fourth-order valence-electron chi connectivity index (χ4n) is 3.49. The van der Waals surface area contributed by atoms with Crippen LogP contribution >= 0.6 is 22.9 Å². The number of aromatic carboxylic acids is 1. The number of halogens is 4. The van der Waals surface area contributed by atoms with Crippen LogP contribution in [0.2, 0.25) is 0 Å². The Morgan fingerprint density at radius 1 is 1.35 bits per heavy atom. The average Bonchev–Trinajstić information content (AvgIpc) is 3.24. The molecule has 0 amide bonds. The van der Waals surface area contributed by atoms with Crippen LogP contribution in [-0.2, 0) is 6.42 Å². The zero-order valence-electron chi connectivity index (χ0n) is 16.7. The van der Waals surface area contributed by atoms with E-state index in [-0.39, 0.29) is 23.3 Å². The number of carboxylic acid groups (broad SMARTS) is 1. The smallest absolute Gasteiger partial charge is 0.409 e. The molecule has 0 unspecified atom stereocenters. The third-order valence-corrected chi connectivity index (χ3v) is 6.60. The van der Waals surface area contributed by atoms with E-state index < -0.39 is 18.2 Å². The van der Waals surface area contributed by atoms with E-state index in [0.717, 1.165) is 30.2 Å². The number of aliphatic hydroxyl groups excluding tert-OH is 1. The summed E-state index contributed by atoms with van der Waals surface area (Å²) < 4.78 is 36.2. The van der Waals surface area contributed by atoms with E-state index in [0.29, 0.717) is 16.9 Å². The standard InChI is InChI=1S/C23H24ClF3O3S/c1-15(6-2-3-13-23(25,26)27)7-4-10-18-17(19(24)14-20(18)28)9-5-8-16-11-12-21(31-16)22(29)30/h2-3,6-7,10-13,17-20,28H,1,5,8-9,14H2,(H,29,30)/b6-2-,13-3+/t4?,17-,18-,19-,20-/m1/s1. The highest BCUT2D eigenvalue weighted by Gasteiger charge is 2.39. The lowest BCUT2D eigenvalue weighted by Crippen LogP contribution is -2.18. The first-order valence-electron chi connectivity index (χ1n) is 9.75. The molecule has 3 nitrogen and oxygen atoms in total. The normalized spacial score (nSPS) is 23.9. The Morgan fingerprint density at radius 3 is 2.74 bits per heavy atom. The summed E-state index contributed by atoms with van der Waals surface area (Å²) in [7, 11) is 0. The summed E-state index contributed by atoms with van der Waals surface area (Å²) in [4.78, 5) is 12.3. The van der Waals surface area contributed by atoms with Crippen LogP contribution < -0.4 is 0 Å². The number of allylic oxidation sites excluding steroid dienone is 5. The molecule has 2 N–H and O–H groups in total. The minimum absolute atomic E-state index is 0.0509. The second-order valence-electron chi connectivity index (χ2n) is 7.34. The third-order valence-electron chi connectivity index (χ3n) is 4.97. The lowest BCUT2D eigenvalue weighted by Gasteiger charge is -2.19. The maximum absolute atomic E-state index is 12.1.